The molecular formula is C23H29N3O5S. The number of piperidine rings is 1. The van der Waals surface area contributed by atoms with Gasteiger partial charge in [-0.05, 0) is 49.1 Å². The molecule has 32 heavy (non-hydrogen) atoms. The summed E-state index contributed by atoms with van der Waals surface area (Å²) < 4.78 is 32.6. The maximum Gasteiger partial charge on any atom is 0.243 e. The zero-order chi connectivity index (χ0) is 23.1. The molecule has 172 valence electrons. The predicted octanol–water partition coefficient (Wildman–Crippen LogP) is 2.76. The van der Waals surface area contributed by atoms with Crippen LogP contribution in [-0.2, 0) is 26.2 Å². The molecule has 0 saturated carbocycles. The Bertz CT molecular complexity index is 1050. The number of nitrogens with zero attached hydrogens (tertiary/aromatic N) is 1. The highest BCUT2D eigenvalue weighted by Gasteiger charge is 2.30. The van der Waals surface area contributed by atoms with Crippen molar-refractivity contribution < 1.29 is 22.7 Å². The van der Waals surface area contributed by atoms with Gasteiger partial charge in [0, 0.05) is 44.2 Å². The number of nitrogens with one attached hydrogen (secondary N) is 2. The molecule has 0 bridgehead atoms. The molecule has 3 rings (SSSR count). The Kier molecular flexibility index (Phi) is 7.87. The second kappa shape index (κ2) is 10.6. The van der Waals surface area contributed by atoms with Gasteiger partial charge in [0.2, 0.25) is 21.8 Å². The van der Waals surface area contributed by atoms with Crippen LogP contribution in [0.1, 0.15) is 31.7 Å². The summed E-state index contributed by atoms with van der Waals surface area (Å²) in [6.07, 6.45) is 1.63. The Morgan fingerprint density at radius 2 is 1.72 bits per heavy atom. The van der Waals surface area contributed by atoms with Crippen molar-refractivity contribution in [3.63, 3.8) is 0 Å². The number of rotatable bonds is 8. The summed E-state index contributed by atoms with van der Waals surface area (Å²) in [6, 6.07) is 13.7. The number of hydrogen-bond acceptors (Lipinski definition) is 5. The van der Waals surface area contributed by atoms with Crippen molar-refractivity contribution in [1.82, 2.24) is 9.62 Å². The summed E-state index contributed by atoms with van der Waals surface area (Å²) in [7, 11) is -2.01. The van der Waals surface area contributed by atoms with Crippen LogP contribution in [0.3, 0.4) is 0 Å². The summed E-state index contributed by atoms with van der Waals surface area (Å²) in [4.78, 5) is 23.7. The van der Waals surface area contributed by atoms with Gasteiger partial charge in [-0.3, -0.25) is 9.59 Å². The van der Waals surface area contributed by atoms with Gasteiger partial charge in [-0.2, -0.15) is 4.31 Å². The highest BCUT2D eigenvalue weighted by Crippen LogP contribution is 2.26. The molecular weight excluding hydrogens is 430 g/mol. The smallest absolute Gasteiger partial charge is 0.243 e. The standard InChI is InChI=1S/C23H29N3O5S/c1-17(27)25-20-7-9-21(10-8-20)32(29,30)26-13-11-18(12-14-26)15-23(28)24-16-19-5-3-4-6-22(19)31-2/h3-10,18H,11-16H2,1-2H3,(H,24,28)(H,25,27). The Morgan fingerprint density at radius 1 is 1.06 bits per heavy atom. The van der Waals surface area contributed by atoms with Crippen LogP contribution in [0, 0.1) is 5.92 Å². The predicted molar refractivity (Wildman–Crippen MR) is 122 cm³/mol. The fourth-order valence-electron chi connectivity index (χ4n) is 3.79. The molecule has 0 atom stereocenters. The zero-order valence-electron chi connectivity index (χ0n) is 18.3. The summed E-state index contributed by atoms with van der Waals surface area (Å²) in [5, 5.41) is 5.55. The van der Waals surface area contributed by atoms with Crippen LogP contribution >= 0.6 is 0 Å². The average molecular weight is 460 g/mol. The van der Waals surface area contributed by atoms with E-state index in [4.69, 9.17) is 4.74 Å². The van der Waals surface area contributed by atoms with Crippen molar-refractivity contribution in [3.8, 4) is 5.75 Å². The van der Waals surface area contributed by atoms with Gasteiger partial charge < -0.3 is 15.4 Å². The number of anilines is 1. The second-order valence-corrected chi connectivity index (χ2v) is 9.78. The Morgan fingerprint density at radius 3 is 2.34 bits per heavy atom. The molecule has 1 aliphatic rings. The fourth-order valence-corrected chi connectivity index (χ4v) is 5.26. The third-order valence-electron chi connectivity index (χ3n) is 5.53. The summed E-state index contributed by atoms with van der Waals surface area (Å²) >= 11 is 0. The van der Waals surface area contributed by atoms with Crippen LogP contribution in [-0.4, -0.2) is 44.7 Å². The molecule has 0 spiro atoms. The van der Waals surface area contributed by atoms with Crippen molar-refractivity contribution in [2.75, 3.05) is 25.5 Å². The van der Waals surface area contributed by atoms with Gasteiger partial charge >= 0.3 is 0 Å². The van der Waals surface area contributed by atoms with Gasteiger partial charge in [-0.15, -0.1) is 0 Å². The number of amides is 2. The van der Waals surface area contributed by atoms with Gasteiger partial charge in [0.05, 0.1) is 12.0 Å². The molecule has 0 aliphatic carbocycles. The Balaban J connectivity index is 1.49. The van der Waals surface area contributed by atoms with E-state index < -0.39 is 10.0 Å². The van der Waals surface area contributed by atoms with E-state index in [2.05, 4.69) is 10.6 Å². The second-order valence-electron chi connectivity index (χ2n) is 7.85. The molecule has 9 heteroatoms. The van der Waals surface area contributed by atoms with Crippen LogP contribution in [0.25, 0.3) is 0 Å². The molecule has 0 unspecified atom stereocenters. The van der Waals surface area contributed by atoms with Crippen LogP contribution in [0.5, 0.6) is 5.75 Å². The topological polar surface area (TPSA) is 105 Å². The Hall–Kier alpha value is -2.91. The number of ether oxygens (including phenoxy) is 1. The summed E-state index contributed by atoms with van der Waals surface area (Å²) in [5.74, 6) is 0.609. The van der Waals surface area contributed by atoms with E-state index in [-0.39, 0.29) is 22.6 Å². The number of hydrogen-bond donors (Lipinski definition) is 2. The summed E-state index contributed by atoms with van der Waals surface area (Å²) in [6.45, 7) is 2.54. The van der Waals surface area contributed by atoms with E-state index in [1.807, 2.05) is 24.3 Å². The van der Waals surface area contributed by atoms with Crippen molar-refractivity contribution in [1.29, 1.82) is 0 Å². The van der Waals surface area contributed by atoms with Crippen molar-refractivity contribution in [2.24, 2.45) is 5.92 Å². The first-order chi connectivity index (χ1) is 15.3. The fraction of sp³-hybridized carbons (Fsp3) is 0.391. The quantitative estimate of drug-likeness (QED) is 0.632. The normalized spacial score (nSPS) is 15.2. The minimum absolute atomic E-state index is 0.0502. The summed E-state index contributed by atoms with van der Waals surface area (Å²) in [5.41, 5.74) is 1.46. The number of para-hydroxylation sites is 1. The molecule has 2 amide bonds. The molecule has 8 nitrogen and oxygen atoms in total. The molecule has 2 aromatic rings. The van der Waals surface area contributed by atoms with Crippen LogP contribution in [0.15, 0.2) is 53.4 Å². The largest absolute Gasteiger partial charge is 0.496 e. The molecule has 1 heterocycles. The monoisotopic (exact) mass is 459 g/mol. The maximum absolute atomic E-state index is 12.9. The third-order valence-corrected chi connectivity index (χ3v) is 7.44. The Labute approximate surface area is 189 Å². The molecule has 1 fully saturated rings. The van der Waals surface area contributed by atoms with Crippen molar-refractivity contribution >= 4 is 27.5 Å². The molecule has 0 aromatic heterocycles. The van der Waals surface area contributed by atoms with E-state index in [9.17, 15) is 18.0 Å². The van der Waals surface area contributed by atoms with E-state index in [0.29, 0.717) is 44.6 Å². The van der Waals surface area contributed by atoms with Crippen LogP contribution < -0.4 is 15.4 Å². The lowest BCUT2D eigenvalue weighted by atomic mass is 9.94. The van der Waals surface area contributed by atoms with E-state index in [1.54, 1.807) is 19.2 Å². The first-order valence-corrected chi connectivity index (χ1v) is 12.0. The van der Waals surface area contributed by atoms with Crippen molar-refractivity contribution in [2.45, 2.75) is 37.6 Å². The van der Waals surface area contributed by atoms with Gasteiger partial charge in [0.1, 0.15) is 5.75 Å². The lowest BCUT2D eigenvalue weighted by Crippen LogP contribution is -2.39. The minimum atomic E-state index is -3.61. The van der Waals surface area contributed by atoms with Crippen LogP contribution in [0.4, 0.5) is 5.69 Å². The molecule has 1 saturated heterocycles. The van der Waals surface area contributed by atoms with E-state index >= 15 is 0 Å². The SMILES string of the molecule is COc1ccccc1CNC(=O)CC1CCN(S(=O)(=O)c2ccc(NC(C)=O)cc2)CC1. The number of carbonyl (C=O) groups is 2. The first-order valence-electron chi connectivity index (χ1n) is 10.6. The number of sulfonamides is 1. The first kappa shape index (κ1) is 23.7. The number of methoxy groups -OCH3 is 1. The molecule has 2 N–H and O–H groups in total. The van der Waals surface area contributed by atoms with Gasteiger partial charge in [-0.25, -0.2) is 8.42 Å². The zero-order valence-corrected chi connectivity index (χ0v) is 19.2. The molecule has 0 radical (unpaired) electrons. The average Bonchev–Trinajstić information content (AvgIpc) is 2.78. The van der Waals surface area contributed by atoms with E-state index in [0.717, 1.165) is 11.3 Å². The van der Waals surface area contributed by atoms with Gasteiger partial charge in [0.25, 0.3) is 0 Å². The number of carbonyl (C=O) groups excluding carboxylic acids is 2. The highest BCUT2D eigenvalue weighted by molar-refractivity contribution is 7.89. The van der Waals surface area contributed by atoms with Gasteiger partial charge in [0.15, 0.2) is 0 Å². The van der Waals surface area contributed by atoms with Crippen molar-refractivity contribution in [3.05, 3.63) is 54.1 Å². The van der Waals surface area contributed by atoms with Gasteiger partial charge in [-0.1, -0.05) is 18.2 Å². The lowest BCUT2D eigenvalue weighted by molar-refractivity contribution is -0.122. The molecule has 1 aliphatic heterocycles. The lowest BCUT2D eigenvalue weighted by Gasteiger charge is -2.31. The van der Waals surface area contributed by atoms with Crippen LogP contribution in [0.2, 0.25) is 0 Å². The minimum Gasteiger partial charge on any atom is -0.496 e. The number of benzene rings is 2. The molecule has 2 aromatic carbocycles. The van der Waals surface area contributed by atoms with E-state index in [1.165, 1.54) is 23.4 Å². The third kappa shape index (κ3) is 6.08. The highest BCUT2D eigenvalue weighted by atomic mass is 32.2. The maximum atomic E-state index is 12.9.